The Kier molecular flexibility index (Phi) is 4.85. The average molecular weight is 360 g/mol. The van der Waals surface area contributed by atoms with E-state index in [4.69, 9.17) is 0 Å². The summed E-state index contributed by atoms with van der Waals surface area (Å²) in [4.78, 5) is 7.86. The van der Waals surface area contributed by atoms with Crippen LogP contribution in [0.15, 0.2) is 36.9 Å². The average Bonchev–Trinajstić information content (AvgIpc) is 2.92. The highest BCUT2D eigenvalue weighted by atomic mass is 32.2. The van der Waals surface area contributed by atoms with Crippen LogP contribution >= 0.6 is 0 Å². The van der Waals surface area contributed by atoms with Crippen LogP contribution in [0.25, 0.3) is 22.0 Å². The van der Waals surface area contributed by atoms with Gasteiger partial charge in [0.25, 0.3) is 0 Å². The minimum Gasteiger partial charge on any atom is -0.412 e. The second-order valence-electron chi connectivity index (χ2n) is 4.61. The molecule has 11 heteroatoms. The maximum atomic E-state index is 12.3. The second-order valence-corrected chi connectivity index (χ2v) is 5.70. The van der Waals surface area contributed by atoms with E-state index >= 15 is 0 Å². The SMILES string of the molecule is Cn1cc(-c2cnc3cnc(OS(=O)C(F)(F)F)cc3c2)cn1.O. The largest absolute Gasteiger partial charge is 0.508 e. The van der Waals surface area contributed by atoms with E-state index in [0.29, 0.717) is 10.9 Å². The number of aromatic nitrogens is 4. The second kappa shape index (κ2) is 6.53. The standard InChI is InChI=1S/C13H9F3N4O2S.H2O/c1-20-7-10(5-19-20)9-2-8-3-12(18-6-11(8)17-4-9)22-23(21)13(14,15)16;/h2-7H,1H3;1H2. The third-order valence-electron chi connectivity index (χ3n) is 2.93. The fourth-order valence-corrected chi connectivity index (χ4v) is 2.25. The van der Waals surface area contributed by atoms with Crippen LogP contribution in [0, 0.1) is 0 Å². The Morgan fingerprint density at radius 1 is 1.12 bits per heavy atom. The van der Waals surface area contributed by atoms with Crippen molar-refractivity contribution >= 4 is 22.0 Å². The van der Waals surface area contributed by atoms with Gasteiger partial charge in [-0.2, -0.15) is 18.3 Å². The molecule has 0 radical (unpaired) electrons. The highest BCUT2D eigenvalue weighted by molar-refractivity contribution is 7.81. The first-order chi connectivity index (χ1) is 10.8. The van der Waals surface area contributed by atoms with Crippen LogP contribution in [0.2, 0.25) is 0 Å². The molecule has 3 rings (SSSR count). The summed E-state index contributed by atoms with van der Waals surface area (Å²) in [5.74, 6) is -0.390. The zero-order valence-corrected chi connectivity index (χ0v) is 12.9. The first-order valence-corrected chi connectivity index (χ1v) is 7.32. The first kappa shape index (κ1) is 17.8. The van der Waals surface area contributed by atoms with Crippen molar-refractivity contribution in [2.75, 3.05) is 0 Å². The Bertz CT molecular complexity index is 898. The van der Waals surface area contributed by atoms with Crippen molar-refractivity contribution in [2.45, 2.75) is 5.51 Å². The number of aryl methyl sites for hydroxylation is 1. The molecule has 0 saturated heterocycles. The molecule has 128 valence electrons. The summed E-state index contributed by atoms with van der Waals surface area (Å²) in [7, 11) is 1.76. The number of fused-ring (bicyclic) bond motifs is 1. The molecule has 1 atom stereocenters. The summed E-state index contributed by atoms with van der Waals surface area (Å²) in [5.41, 5.74) is -2.95. The highest BCUT2D eigenvalue weighted by Gasteiger charge is 2.40. The van der Waals surface area contributed by atoms with Gasteiger partial charge in [0, 0.05) is 42.0 Å². The van der Waals surface area contributed by atoms with Gasteiger partial charge in [0.15, 0.2) is 0 Å². The molecule has 0 saturated carbocycles. The van der Waals surface area contributed by atoms with E-state index in [1.165, 1.54) is 12.3 Å². The Morgan fingerprint density at radius 2 is 1.88 bits per heavy atom. The van der Waals surface area contributed by atoms with E-state index in [9.17, 15) is 17.4 Å². The van der Waals surface area contributed by atoms with Crippen LogP contribution in [-0.4, -0.2) is 34.9 Å². The maximum absolute atomic E-state index is 12.3. The molecule has 3 aromatic heterocycles. The van der Waals surface area contributed by atoms with Gasteiger partial charge in [0.2, 0.25) is 5.88 Å². The highest BCUT2D eigenvalue weighted by Crippen LogP contribution is 2.26. The van der Waals surface area contributed by atoms with Crippen molar-refractivity contribution < 1.29 is 27.0 Å². The minimum absolute atomic E-state index is 0. The lowest BCUT2D eigenvalue weighted by atomic mass is 10.1. The number of halogens is 3. The summed E-state index contributed by atoms with van der Waals surface area (Å²) < 4.78 is 53.7. The van der Waals surface area contributed by atoms with Gasteiger partial charge in [-0.1, -0.05) is 0 Å². The third kappa shape index (κ3) is 3.68. The molecule has 7 nitrogen and oxygen atoms in total. The van der Waals surface area contributed by atoms with Gasteiger partial charge in [-0.15, -0.1) is 0 Å². The Morgan fingerprint density at radius 3 is 2.50 bits per heavy atom. The lowest BCUT2D eigenvalue weighted by Crippen LogP contribution is -2.21. The van der Waals surface area contributed by atoms with Crippen LogP contribution in [0.3, 0.4) is 0 Å². The molecular formula is C13H11F3N4O3S. The predicted octanol–water partition coefficient (Wildman–Crippen LogP) is 1.77. The number of rotatable bonds is 3. The predicted molar refractivity (Wildman–Crippen MR) is 80.2 cm³/mol. The molecule has 3 heterocycles. The molecule has 2 N–H and O–H groups in total. The van der Waals surface area contributed by atoms with Crippen molar-refractivity contribution in [1.82, 2.24) is 19.7 Å². The molecule has 0 aromatic carbocycles. The molecule has 24 heavy (non-hydrogen) atoms. The topological polar surface area (TPSA) is 101 Å². The molecule has 0 aliphatic rings. The number of pyridine rings is 2. The lowest BCUT2D eigenvalue weighted by molar-refractivity contribution is -0.0438. The number of alkyl halides is 3. The fourth-order valence-electron chi connectivity index (χ4n) is 1.91. The molecule has 0 bridgehead atoms. The van der Waals surface area contributed by atoms with Crippen LogP contribution in [0.5, 0.6) is 5.88 Å². The van der Waals surface area contributed by atoms with E-state index in [1.54, 1.807) is 36.4 Å². The number of nitrogens with zero attached hydrogens (tertiary/aromatic N) is 4. The molecule has 3 aromatic rings. The number of hydrogen-bond acceptors (Lipinski definition) is 5. The zero-order valence-electron chi connectivity index (χ0n) is 12.1. The summed E-state index contributed by atoms with van der Waals surface area (Å²) in [6.45, 7) is 0. The Hall–Kier alpha value is -2.53. The molecular weight excluding hydrogens is 349 g/mol. The molecule has 0 aliphatic heterocycles. The summed E-state index contributed by atoms with van der Waals surface area (Å²) in [6.07, 6.45) is 6.28. The molecule has 0 aliphatic carbocycles. The Balaban J connectivity index is 0.00000208. The monoisotopic (exact) mass is 360 g/mol. The fraction of sp³-hybridized carbons (Fsp3) is 0.154. The first-order valence-electron chi connectivity index (χ1n) is 6.25. The Labute approximate surface area is 136 Å². The van der Waals surface area contributed by atoms with E-state index < -0.39 is 22.5 Å². The van der Waals surface area contributed by atoms with E-state index in [1.807, 2.05) is 0 Å². The van der Waals surface area contributed by atoms with Crippen LogP contribution in [0.4, 0.5) is 13.2 Å². The summed E-state index contributed by atoms with van der Waals surface area (Å²) in [5, 5.41) is 4.55. The van der Waals surface area contributed by atoms with Crippen LogP contribution in [0.1, 0.15) is 0 Å². The van der Waals surface area contributed by atoms with Crippen molar-refractivity contribution in [3.63, 3.8) is 0 Å². The third-order valence-corrected chi connectivity index (χ3v) is 3.63. The zero-order chi connectivity index (χ0) is 16.6. The van der Waals surface area contributed by atoms with E-state index in [0.717, 1.165) is 11.1 Å². The van der Waals surface area contributed by atoms with Gasteiger partial charge in [-0.05, 0) is 6.07 Å². The van der Waals surface area contributed by atoms with Gasteiger partial charge < -0.3 is 9.66 Å². The van der Waals surface area contributed by atoms with Crippen molar-refractivity contribution in [2.24, 2.45) is 7.05 Å². The lowest BCUT2D eigenvalue weighted by Gasteiger charge is -2.07. The van der Waals surface area contributed by atoms with E-state index in [-0.39, 0.29) is 5.48 Å². The quantitative estimate of drug-likeness (QED) is 0.708. The molecule has 0 fully saturated rings. The van der Waals surface area contributed by atoms with Gasteiger partial charge in [-0.3, -0.25) is 9.67 Å². The maximum Gasteiger partial charge on any atom is 0.508 e. The van der Waals surface area contributed by atoms with Gasteiger partial charge in [0.05, 0.1) is 17.9 Å². The smallest absolute Gasteiger partial charge is 0.412 e. The van der Waals surface area contributed by atoms with Gasteiger partial charge >= 0.3 is 16.6 Å². The van der Waals surface area contributed by atoms with Crippen molar-refractivity contribution in [3.8, 4) is 17.0 Å². The minimum atomic E-state index is -4.97. The summed E-state index contributed by atoms with van der Waals surface area (Å²) >= 11 is -3.47. The van der Waals surface area contributed by atoms with Gasteiger partial charge in [-0.25, -0.2) is 9.19 Å². The normalized spacial score (nSPS) is 12.7. The molecule has 0 amide bonds. The van der Waals surface area contributed by atoms with E-state index in [2.05, 4.69) is 19.2 Å². The summed E-state index contributed by atoms with van der Waals surface area (Å²) in [6, 6.07) is 2.97. The van der Waals surface area contributed by atoms with Crippen molar-refractivity contribution in [3.05, 3.63) is 36.9 Å². The molecule has 1 unspecified atom stereocenters. The van der Waals surface area contributed by atoms with Crippen LogP contribution < -0.4 is 4.18 Å². The van der Waals surface area contributed by atoms with Gasteiger partial charge in [0.1, 0.15) is 0 Å². The van der Waals surface area contributed by atoms with Crippen LogP contribution in [-0.2, 0) is 18.1 Å². The molecule has 0 spiro atoms. The van der Waals surface area contributed by atoms with Crippen molar-refractivity contribution in [1.29, 1.82) is 0 Å². The number of hydrogen-bond donors (Lipinski definition) is 0.